The smallest absolute Gasteiger partial charge is 0.331 e. The van der Waals surface area contributed by atoms with Crippen LogP contribution in [-0.4, -0.2) is 32.8 Å². The molecule has 122 valence electrons. The molecule has 0 aliphatic heterocycles. The van der Waals surface area contributed by atoms with Crippen molar-refractivity contribution in [3.8, 4) is 0 Å². The maximum absolute atomic E-state index is 12.2. The van der Waals surface area contributed by atoms with E-state index in [-0.39, 0.29) is 24.8 Å². The summed E-state index contributed by atoms with van der Waals surface area (Å²) in [4.78, 5) is 23.7. The van der Waals surface area contributed by atoms with E-state index in [2.05, 4.69) is 17.3 Å². The number of amides is 1. The molecule has 2 N–H and O–H groups in total. The van der Waals surface area contributed by atoms with Gasteiger partial charge in [0.1, 0.15) is 0 Å². The summed E-state index contributed by atoms with van der Waals surface area (Å²) < 4.78 is 1.41. The first-order valence-corrected chi connectivity index (χ1v) is 7.96. The fraction of sp³-hybridized carbons (Fsp3) is 0.688. The monoisotopic (exact) mass is 307 g/mol. The van der Waals surface area contributed by atoms with Crippen molar-refractivity contribution in [3.63, 3.8) is 0 Å². The summed E-state index contributed by atoms with van der Waals surface area (Å²) in [6, 6.07) is 1.91. The van der Waals surface area contributed by atoms with Crippen molar-refractivity contribution in [2.24, 2.45) is 5.92 Å². The maximum Gasteiger partial charge on any atom is 0.331 e. The van der Waals surface area contributed by atoms with Crippen LogP contribution in [-0.2, 0) is 15.1 Å². The van der Waals surface area contributed by atoms with Crippen molar-refractivity contribution in [1.29, 1.82) is 0 Å². The molecular weight excluding hydrogens is 282 g/mol. The predicted octanol–water partition coefficient (Wildman–Crippen LogP) is 2.16. The summed E-state index contributed by atoms with van der Waals surface area (Å²) in [6.45, 7) is 3.76. The second-order valence-electron chi connectivity index (χ2n) is 6.47. The molecule has 1 amide bonds. The number of carbonyl (C=O) groups is 2. The predicted molar refractivity (Wildman–Crippen MR) is 82.3 cm³/mol. The third-order valence-electron chi connectivity index (χ3n) is 4.77. The SMILES string of the molecule is CC1CCCCC1NC(=O)CCC(C)(C(=O)O)n1cccn1. The van der Waals surface area contributed by atoms with Gasteiger partial charge in [0, 0.05) is 24.9 Å². The summed E-state index contributed by atoms with van der Waals surface area (Å²) in [7, 11) is 0. The molecule has 1 heterocycles. The van der Waals surface area contributed by atoms with E-state index in [1.54, 1.807) is 25.4 Å². The van der Waals surface area contributed by atoms with Crippen molar-refractivity contribution in [3.05, 3.63) is 18.5 Å². The Bertz CT molecular complexity index is 515. The van der Waals surface area contributed by atoms with Gasteiger partial charge in [0.15, 0.2) is 5.54 Å². The van der Waals surface area contributed by atoms with Gasteiger partial charge in [-0.2, -0.15) is 5.10 Å². The molecule has 6 nitrogen and oxygen atoms in total. The lowest BCUT2D eigenvalue weighted by Gasteiger charge is -2.30. The van der Waals surface area contributed by atoms with Gasteiger partial charge >= 0.3 is 5.97 Å². The van der Waals surface area contributed by atoms with Gasteiger partial charge in [-0.1, -0.05) is 19.8 Å². The molecular formula is C16H25N3O3. The highest BCUT2D eigenvalue weighted by Crippen LogP contribution is 2.25. The molecule has 1 saturated carbocycles. The number of carboxylic acid groups (broad SMARTS) is 1. The molecule has 1 aromatic heterocycles. The quantitative estimate of drug-likeness (QED) is 0.843. The third kappa shape index (κ3) is 3.67. The number of aliphatic carboxylic acids is 1. The number of hydrogen-bond acceptors (Lipinski definition) is 3. The average molecular weight is 307 g/mol. The summed E-state index contributed by atoms with van der Waals surface area (Å²) in [5.74, 6) is -0.553. The van der Waals surface area contributed by atoms with Crippen LogP contribution in [0.2, 0.25) is 0 Å². The van der Waals surface area contributed by atoms with E-state index >= 15 is 0 Å². The number of aromatic nitrogens is 2. The van der Waals surface area contributed by atoms with Gasteiger partial charge in [-0.15, -0.1) is 0 Å². The van der Waals surface area contributed by atoms with E-state index in [0.29, 0.717) is 5.92 Å². The van der Waals surface area contributed by atoms with Crippen LogP contribution in [0.15, 0.2) is 18.5 Å². The highest BCUT2D eigenvalue weighted by Gasteiger charge is 2.36. The molecule has 0 bridgehead atoms. The second kappa shape index (κ2) is 6.94. The lowest BCUT2D eigenvalue weighted by molar-refractivity contribution is -0.147. The first-order valence-electron chi connectivity index (χ1n) is 7.96. The number of carboxylic acids is 1. The number of nitrogens with zero attached hydrogens (tertiary/aromatic N) is 2. The van der Waals surface area contributed by atoms with E-state index < -0.39 is 11.5 Å². The van der Waals surface area contributed by atoms with Gasteiger partial charge in [0.2, 0.25) is 5.91 Å². The van der Waals surface area contributed by atoms with Crippen LogP contribution in [0.4, 0.5) is 0 Å². The van der Waals surface area contributed by atoms with Gasteiger partial charge in [0.05, 0.1) is 0 Å². The lowest BCUT2D eigenvalue weighted by Crippen LogP contribution is -2.43. The molecule has 22 heavy (non-hydrogen) atoms. The fourth-order valence-corrected chi connectivity index (χ4v) is 3.05. The van der Waals surface area contributed by atoms with Crippen LogP contribution < -0.4 is 5.32 Å². The highest BCUT2D eigenvalue weighted by atomic mass is 16.4. The van der Waals surface area contributed by atoms with Crippen molar-refractivity contribution in [2.75, 3.05) is 0 Å². The first-order chi connectivity index (χ1) is 10.4. The van der Waals surface area contributed by atoms with Gasteiger partial charge < -0.3 is 10.4 Å². The van der Waals surface area contributed by atoms with Crippen LogP contribution >= 0.6 is 0 Å². The molecule has 0 spiro atoms. The van der Waals surface area contributed by atoms with Gasteiger partial charge in [-0.25, -0.2) is 4.79 Å². The molecule has 1 aliphatic rings. The molecule has 1 fully saturated rings. The second-order valence-corrected chi connectivity index (χ2v) is 6.47. The fourth-order valence-electron chi connectivity index (χ4n) is 3.05. The van der Waals surface area contributed by atoms with Crippen molar-refractivity contribution < 1.29 is 14.7 Å². The number of nitrogens with one attached hydrogen (secondary N) is 1. The molecule has 1 aliphatic carbocycles. The average Bonchev–Trinajstić information content (AvgIpc) is 3.02. The zero-order chi connectivity index (χ0) is 16.2. The minimum atomic E-state index is -1.20. The minimum Gasteiger partial charge on any atom is -0.479 e. The van der Waals surface area contributed by atoms with Gasteiger partial charge in [-0.05, 0) is 38.2 Å². The zero-order valence-corrected chi connectivity index (χ0v) is 13.3. The summed E-state index contributed by atoms with van der Waals surface area (Å²) in [5, 5.41) is 16.6. The molecule has 6 heteroatoms. The normalized spacial score (nSPS) is 24.5. The van der Waals surface area contributed by atoms with Gasteiger partial charge in [0.25, 0.3) is 0 Å². The Morgan fingerprint density at radius 2 is 2.14 bits per heavy atom. The van der Waals surface area contributed by atoms with Crippen LogP contribution in [0.3, 0.4) is 0 Å². The summed E-state index contributed by atoms with van der Waals surface area (Å²) in [5.41, 5.74) is -1.20. The van der Waals surface area contributed by atoms with E-state index in [1.165, 1.54) is 11.1 Å². The molecule has 3 unspecified atom stereocenters. The molecule has 0 aromatic carbocycles. The first kappa shape index (κ1) is 16.5. The minimum absolute atomic E-state index is 0.0709. The Morgan fingerprint density at radius 1 is 1.41 bits per heavy atom. The van der Waals surface area contributed by atoms with E-state index in [0.717, 1.165) is 19.3 Å². The van der Waals surface area contributed by atoms with Crippen LogP contribution in [0.5, 0.6) is 0 Å². The Morgan fingerprint density at radius 3 is 2.73 bits per heavy atom. The zero-order valence-electron chi connectivity index (χ0n) is 13.3. The van der Waals surface area contributed by atoms with Crippen LogP contribution in [0.25, 0.3) is 0 Å². The number of carbonyl (C=O) groups excluding carboxylic acids is 1. The number of hydrogen-bond donors (Lipinski definition) is 2. The van der Waals surface area contributed by atoms with Gasteiger partial charge in [-0.3, -0.25) is 9.48 Å². The highest BCUT2D eigenvalue weighted by molar-refractivity contribution is 5.79. The van der Waals surface area contributed by atoms with E-state index in [4.69, 9.17) is 0 Å². The molecule has 2 rings (SSSR count). The van der Waals surface area contributed by atoms with Crippen molar-refractivity contribution >= 4 is 11.9 Å². The standard InChI is InChI=1S/C16H25N3O3/c1-12-6-3-4-7-13(12)18-14(20)8-9-16(2,15(21)22)19-11-5-10-17-19/h5,10-13H,3-4,6-9H2,1-2H3,(H,18,20)(H,21,22). The van der Waals surface area contributed by atoms with E-state index in [9.17, 15) is 14.7 Å². The Labute approximate surface area is 130 Å². The molecule has 0 saturated heterocycles. The van der Waals surface area contributed by atoms with Crippen molar-refractivity contribution in [2.45, 2.75) is 64.0 Å². The molecule has 3 atom stereocenters. The summed E-state index contributed by atoms with van der Waals surface area (Å²) >= 11 is 0. The number of rotatable bonds is 6. The topological polar surface area (TPSA) is 84.2 Å². The van der Waals surface area contributed by atoms with Crippen LogP contribution in [0, 0.1) is 5.92 Å². The Kier molecular flexibility index (Phi) is 5.21. The Balaban J connectivity index is 1.92. The molecule has 1 aromatic rings. The lowest BCUT2D eigenvalue weighted by atomic mass is 9.85. The Hall–Kier alpha value is -1.85. The van der Waals surface area contributed by atoms with Crippen LogP contribution in [0.1, 0.15) is 52.4 Å². The third-order valence-corrected chi connectivity index (χ3v) is 4.77. The largest absolute Gasteiger partial charge is 0.479 e. The maximum atomic E-state index is 12.2. The van der Waals surface area contributed by atoms with E-state index in [1.807, 2.05) is 0 Å². The molecule has 0 radical (unpaired) electrons. The summed E-state index contributed by atoms with van der Waals surface area (Å²) in [6.07, 6.45) is 8.11. The van der Waals surface area contributed by atoms with Crippen molar-refractivity contribution in [1.82, 2.24) is 15.1 Å².